The van der Waals surface area contributed by atoms with Gasteiger partial charge in [-0.2, -0.15) is 9.36 Å². The second kappa shape index (κ2) is 7.53. The Morgan fingerprint density at radius 1 is 1.52 bits per heavy atom. The van der Waals surface area contributed by atoms with E-state index >= 15 is 0 Å². The van der Waals surface area contributed by atoms with E-state index in [4.69, 9.17) is 0 Å². The molecule has 2 N–H and O–H groups in total. The van der Waals surface area contributed by atoms with Crippen LogP contribution in [0.2, 0.25) is 0 Å². The van der Waals surface area contributed by atoms with E-state index in [-0.39, 0.29) is 5.91 Å². The van der Waals surface area contributed by atoms with E-state index in [2.05, 4.69) is 26.5 Å². The number of anilines is 1. The lowest BCUT2D eigenvalue weighted by Crippen LogP contribution is -2.45. The first kappa shape index (κ1) is 16.7. The minimum absolute atomic E-state index is 0.0697. The summed E-state index contributed by atoms with van der Waals surface area (Å²) in [6.45, 7) is 5.79. The Hall–Kier alpha value is -0.700. The van der Waals surface area contributed by atoms with E-state index in [1.165, 1.54) is 11.5 Å². The zero-order chi connectivity index (χ0) is 15.3. The Morgan fingerprint density at radius 2 is 2.24 bits per heavy atom. The van der Waals surface area contributed by atoms with Gasteiger partial charge in [-0.25, -0.2) is 0 Å². The lowest BCUT2D eigenvalue weighted by Gasteiger charge is -2.35. The van der Waals surface area contributed by atoms with Crippen molar-refractivity contribution in [2.24, 2.45) is 0 Å². The maximum Gasteiger partial charge on any atom is 0.240 e. The van der Waals surface area contributed by atoms with E-state index in [1.54, 1.807) is 11.8 Å². The number of hydrogen-bond donors (Lipinski definition) is 2. The fourth-order valence-corrected chi connectivity index (χ4v) is 3.48. The third kappa shape index (κ3) is 5.54. The molecule has 0 saturated carbocycles. The number of thioether (sulfide) groups is 1. The number of likely N-dealkylation sites (tertiary alicyclic amines) is 1. The molecule has 0 aromatic carbocycles. The quantitative estimate of drug-likeness (QED) is 0.775. The van der Waals surface area contributed by atoms with Gasteiger partial charge >= 0.3 is 0 Å². The molecule has 2 heterocycles. The van der Waals surface area contributed by atoms with Crippen LogP contribution < -0.4 is 5.32 Å². The van der Waals surface area contributed by atoms with Gasteiger partial charge in [0.2, 0.25) is 16.2 Å². The van der Waals surface area contributed by atoms with Gasteiger partial charge in [0.15, 0.2) is 0 Å². The van der Waals surface area contributed by atoms with Crippen LogP contribution in [-0.2, 0) is 4.79 Å². The number of aromatic nitrogens is 2. The van der Waals surface area contributed by atoms with Crippen molar-refractivity contribution in [2.75, 3.05) is 30.7 Å². The van der Waals surface area contributed by atoms with Crippen molar-refractivity contribution < 1.29 is 9.90 Å². The summed E-state index contributed by atoms with van der Waals surface area (Å²) < 4.78 is 4.20. The normalized spacial score (nSPS) is 18.6. The molecule has 6 nitrogen and oxygen atoms in total. The second-order valence-corrected chi connectivity index (χ2v) is 7.37. The van der Waals surface area contributed by atoms with Crippen LogP contribution in [-0.4, -0.2) is 56.3 Å². The zero-order valence-corrected chi connectivity index (χ0v) is 14.1. The van der Waals surface area contributed by atoms with Gasteiger partial charge < -0.3 is 5.11 Å². The molecule has 1 amide bonds. The Kier molecular flexibility index (Phi) is 5.98. The Labute approximate surface area is 133 Å². The topological polar surface area (TPSA) is 78.4 Å². The third-order valence-corrected chi connectivity index (χ3v) is 5.19. The number of rotatable bonds is 6. The van der Waals surface area contributed by atoms with Crippen LogP contribution >= 0.6 is 23.3 Å². The molecule has 0 atom stereocenters. The van der Waals surface area contributed by atoms with Gasteiger partial charge in [0.25, 0.3) is 0 Å². The summed E-state index contributed by atoms with van der Waals surface area (Å²) in [6, 6.07) is 0. The molecule has 8 heteroatoms. The van der Waals surface area contributed by atoms with Crippen molar-refractivity contribution in [3.63, 3.8) is 0 Å². The van der Waals surface area contributed by atoms with Crippen LogP contribution in [0.4, 0.5) is 5.13 Å². The lowest BCUT2D eigenvalue weighted by atomic mass is 9.94. The van der Waals surface area contributed by atoms with Crippen LogP contribution in [0.5, 0.6) is 0 Å². The second-order valence-electron chi connectivity index (χ2n) is 5.55. The van der Waals surface area contributed by atoms with Crippen molar-refractivity contribution in [3.8, 4) is 0 Å². The number of amides is 1. The highest BCUT2D eigenvalue weighted by atomic mass is 32.2. The molecule has 0 aliphatic carbocycles. The molecule has 1 aliphatic heterocycles. The fraction of sp³-hybridized carbons (Fsp3) is 0.769. The first-order chi connectivity index (χ1) is 9.98. The van der Waals surface area contributed by atoms with Gasteiger partial charge in [-0.15, -0.1) is 0 Å². The molecule has 0 radical (unpaired) electrons. The first-order valence-electron chi connectivity index (χ1n) is 7.19. The van der Waals surface area contributed by atoms with Gasteiger partial charge in [0.05, 0.1) is 12.1 Å². The predicted octanol–water partition coefficient (Wildman–Crippen LogP) is 1.83. The molecular weight excluding hydrogens is 308 g/mol. The minimum atomic E-state index is -0.586. The summed E-state index contributed by atoms with van der Waals surface area (Å²) in [5.41, 5.74) is -0.586. The first-order valence-corrected chi connectivity index (χ1v) is 8.95. The monoisotopic (exact) mass is 330 g/mol. The minimum Gasteiger partial charge on any atom is -0.390 e. The number of nitrogens with one attached hydrogen (secondary N) is 1. The van der Waals surface area contributed by atoms with Crippen LogP contribution in [0.3, 0.4) is 0 Å². The van der Waals surface area contributed by atoms with Crippen LogP contribution in [0.1, 0.15) is 33.1 Å². The van der Waals surface area contributed by atoms with E-state index < -0.39 is 5.60 Å². The molecule has 1 fully saturated rings. The van der Waals surface area contributed by atoms with Gasteiger partial charge in [0, 0.05) is 30.4 Å². The molecule has 21 heavy (non-hydrogen) atoms. The molecule has 2 rings (SSSR count). The van der Waals surface area contributed by atoms with Crippen molar-refractivity contribution in [2.45, 2.75) is 43.9 Å². The molecular formula is C13H22N4O2S2. The van der Waals surface area contributed by atoms with Gasteiger partial charge in [-0.3, -0.25) is 15.0 Å². The van der Waals surface area contributed by atoms with E-state index in [9.17, 15) is 9.90 Å². The average Bonchev–Trinajstić information content (AvgIpc) is 2.86. The highest BCUT2D eigenvalue weighted by molar-refractivity contribution is 7.99. The van der Waals surface area contributed by atoms with E-state index in [0.717, 1.165) is 30.4 Å². The predicted molar refractivity (Wildman–Crippen MR) is 85.9 cm³/mol. The highest BCUT2D eigenvalue weighted by Crippen LogP contribution is 2.22. The standard InChI is InChI=1S/C13H22N4O2S2/c1-3-8-20-12-15-11(21-16-12)14-10(18)9-17-6-4-13(2,19)5-7-17/h19H,3-9H2,1-2H3,(H,14,15,16,18). The van der Waals surface area contributed by atoms with Crippen LogP contribution in [0.15, 0.2) is 5.16 Å². The number of nitrogens with zero attached hydrogens (tertiary/aromatic N) is 3. The van der Waals surface area contributed by atoms with E-state index in [1.807, 2.05) is 6.92 Å². The molecule has 0 unspecified atom stereocenters. The number of carbonyl (C=O) groups excluding carboxylic acids is 1. The SMILES string of the molecule is CCCSc1nsc(NC(=O)CN2CCC(C)(O)CC2)n1. The largest absolute Gasteiger partial charge is 0.390 e. The molecule has 0 bridgehead atoms. The highest BCUT2D eigenvalue weighted by Gasteiger charge is 2.28. The molecule has 1 aliphatic rings. The Bertz CT molecular complexity index is 468. The van der Waals surface area contributed by atoms with E-state index in [0.29, 0.717) is 24.5 Å². The summed E-state index contributed by atoms with van der Waals surface area (Å²) in [5, 5.41) is 14.0. The van der Waals surface area contributed by atoms with Crippen LogP contribution in [0.25, 0.3) is 0 Å². The van der Waals surface area contributed by atoms with Crippen molar-refractivity contribution in [1.82, 2.24) is 14.3 Å². The molecule has 1 aromatic rings. The number of aliphatic hydroxyl groups is 1. The fourth-order valence-electron chi connectivity index (χ4n) is 2.07. The molecule has 1 aromatic heterocycles. The van der Waals surface area contributed by atoms with Crippen molar-refractivity contribution in [1.29, 1.82) is 0 Å². The smallest absolute Gasteiger partial charge is 0.240 e. The molecule has 0 spiro atoms. The molecule has 1 saturated heterocycles. The maximum absolute atomic E-state index is 12.0. The maximum atomic E-state index is 12.0. The summed E-state index contributed by atoms with van der Waals surface area (Å²) in [6.07, 6.45) is 2.48. The lowest BCUT2D eigenvalue weighted by molar-refractivity contribution is -0.118. The summed E-state index contributed by atoms with van der Waals surface area (Å²) in [7, 11) is 0. The number of carbonyl (C=O) groups is 1. The van der Waals surface area contributed by atoms with Crippen LogP contribution in [0, 0.1) is 0 Å². The third-order valence-electron chi connectivity index (χ3n) is 3.39. The van der Waals surface area contributed by atoms with Gasteiger partial charge in [-0.1, -0.05) is 18.7 Å². The number of piperidine rings is 1. The summed E-state index contributed by atoms with van der Waals surface area (Å²) >= 11 is 2.82. The van der Waals surface area contributed by atoms with Gasteiger partial charge in [-0.05, 0) is 26.2 Å². The average molecular weight is 330 g/mol. The van der Waals surface area contributed by atoms with Crippen molar-refractivity contribution in [3.05, 3.63) is 0 Å². The summed E-state index contributed by atoms with van der Waals surface area (Å²) in [4.78, 5) is 18.3. The summed E-state index contributed by atoms with van der Waals surface area (Å²) in [5.74, 6) is 0.914. The Balaban J connectivity index is 1.75. The number of hydrogen-bond acceptors (Lipinski definition) is 7. The Morgan fingerprint density at radius 3 is 2.90 bits per heavy atom. The van der Waals surface area contributed by atoms with Gasteiger partial charge in [0.1, 0.15) is 0 Å². The van der Waals surface area contributed by atoms with Crippen molar-refractivity contribution >= 4 is 34.3 Å². The molecule has 118 valence electrons. The zero-order valence-electron chi connectivity index (χ0n) is 12.5.